The number of nitriles is 2. The molecule has 1 amide bonds. The van der Waals surface area contributed by atoms with E-state index in [0.717, 1.165) is 29.5 Å². The van der Waals surface area contributed by atoms with Gasteiger partial charge in [0.05, 0.1) is 23.5 Å². The Bertz CT molecular complexity index is 1150. The van der Waals surface area contributed by atoms with Gasteiger partial charge < -0.3 is 4.90 Å². The normalized spacial score (nSPS) is 15.6. The fraction of sp³-hybridized carbons (Fsp3) is 0.318. The predicted octanol–water partition coefficient (Wildman–Crippen LogP) is 4.74. The van der Waals surface area contributed by atoms with Crippen LogP contribution in [-0.2, 0) is 17.4 Å². The maximum Gasteiger partial charge on any atom is 0.419 e. The molecule has 1 saturated heterocycles. The Kier molecular flexibility index (Phi) is 6.20. The number of nitrogens with zero attached hydrogens (tertiary/aromatic N) is 5. The number of alkyl halides is 3. The van der Waals surface area contributed by atoms with Crippen molar-refractivity contribution in [1.82, 2.24) is 4.98 Å². The molecule has 1 aromatic heterocycles. The van der Waals surface area contributed by atoms with E-state index in [-0.39, 0.29) is 10.8 Å². The number of unbranched alkanes of at least 4 members (excludes halogenated alkanes) is 1. The van der Waals surface area contributed by atoms with Gasteiger partial charge in [-0.3, -0.25) is 9.69 Å². The van der Waals surface area contributed by atoms with Crippen LogP contribution in [0.2, 0.25) is 0 Å². The average molecular weight is 457 g/mol. The van der Waals surface area contributed by atoms with Gasteiger partial charge >= 0.3 is 6.18 Å². The number of carbonyl (C=O) groups excluding carboxylic acids is 1. The second kappa shape index (κ2) is 8.56. The number of rotatable bonds is 5. The zero-order valence-corrected chi connectivity index (χ0v) is 18.1. The highest BCUT2D eigenvalue weighted by Gasteiger charge is 2.50. The monoisotopic (exact) mass is 457 g/mol. The third kappa shape index (κ3) is 4.14. The molecule has 1 aliphatic rings. The first-order valence-electron chi connectivity index (χ1n) is 9.64. The summed E-state index contributed by atoms with van der Waals surface area (Å²) < 4.78 is 40.2. The Balaban J connectivity index is 1.97. The van der Waals surface area contributed by atoms with E-state index < -0.39 is 28.9 Å². The minimum atomic E-state index is -4.81. The van der Waals surface area contributed by atoms with Gasteiger partial charge in [0.15, 0.2) is 10.8 Å². The zero-order valence-electron chi connectivity index (χ0n) is 17.3. The van der Waals surface area contributed by atoms with Crippen LogP contribution in [0.3, 0.4) is 0 Å². The van der Waals surface area contributed by atoms with E-state index in [0.29, 0.717) is 18.2 Å². The van der Waals surface area contributed by atoms with E-state index in [4.69, 9.17) is 22.7 Å². The highest BCUT2D eigenvalue weighted by atomic mass is 32.1. The number of amides is 1. The lowest BCUT2D eigenvalue weighted by molar-refractivity contribution is -0.138. The summed E-state index contributed by atoms with van der Waals surface area (Å²) >= 11 is 5.49. The lowest BCUT2D eigenvalue weighted by Crippen LogP contribution is -2.44. The van der Waals surface area contributed by atoms with Gasteiger partial charge in [0, 0.05) is 12.1 Å². The number of aryl methyl sites for hydroxylation is 1. The van der Waals surface area contributed by atoms with Crippen LogP contribution in [0.5, 0.6) is 0 Å². The molecule has 0 unspecified atom stereocenters. The maximum atomic E-state index is 13.4. The van der Waals surface area contributed by atoms with Gasteiger partial charge in [0.25, 0.3) is 5.91 Å². The number of benzene rings is 1. The zero-order chi connectivity index (χ0) is 23.7. The molecule has 32 heavy (non-hydrogen) atoms. The summed E-state index contributed by atoms with van der Waals surface area (Å²) in [5.74, 6) is -0.514. The lowest BCUT2D eigenvalue weighted by atomic mass is 10.0. The fourth-order valence-corrected chi connectivity index (χ4v) is 4.04. The average Bonchev–Trinajstić information content (AvgIpc) is 2.92. The van der Waals surface area contributed by atoms with E-state index in [1.807, 2.05) is 12.1 Å². The minimum Gasteiger partial charge on any atom is -0.304 e. The quantitative estimate of drug-likeness (QED) is 0.477. The molecule has 6 nitrogen and oxygen atoms in total. The molecule has 2 aromatic rings. The molecule has 0 atom stereocenters. The van der Waals surface area contributed by atoms with Gasteiger partial charge in [-0.05, 0) is 62.7 Å². The van der Waals surface area contributed by atoms with E-state index in [2.05, 4.69) is 11.1 Å². The molecule has 10 heteroatoms. The second-order valence-electron chi connectivity index (χ2n) is 7.69. The molecule has 2 heterocycles. The fourth-order valence-electron chi connectivity index (χ4n) is 3.52. The van der Waals surface area contributed by atoms with Crippen molar-refractivity contribution in [3.8, 4) is 12.1 Å². The van der Waals surface area contributed by atoms with Gasteiger partial charge in [0.2, 0.25) is 0 Å². The molecule has 1 aliphatic heterocycles. The van der Waals surface area contributed by atoms with Crippen LogP contribution in [0.1, 0.15) is 43.5 Å². The third-order valence-corrected chi connectivity index (χ3v) is 5.52. The number of thiocarbonyl (C=S) groups is 1. The highest BCUT2D eigenvalue weighted by molar-refractivity contribution is 7.81. The van der Waals surface area contributed by atoms with Gasteiger partial charge in [-0.25, -0.2) is 4.98 Å². The van der Waals surface area contributed by atoms with Crippen LogP contribution in [0.4, 0.5) is 24.5 Å². The molecule has 1 aromatic carbocycles. The molecular weight excluding hydrogens is 439 g/mol. The Morgan fingerprint density at radius 3 is 2.38 bits per heavy atom. The Hall–Kier alpha value is -3.50. The summed E-state index contributed by atoms with van der Waals surface area (Å²) in [5.41, 5.74) is -1.70. The van der Waals surface area contributed by atoms with Crippen molar-refractivity contribution in [3.05, 3.63) is 53.3 Å². The van der Waals surface area contributed by atoms with Crippen LogP contribution in [0.15, 0.2) is 36.5 Å². The number of pyridine rings is 1. The molecule has 0 N–H and O–H groups in total. The summed E-state index contributed by atoms with van der Waals surface area (Å²) in [5, 5.41) is 17.6. The van der Waals surface area contributed by atoms with Gasteiger partial charge in [-0.2, -0.15) is 23.7 Å². The van der Waals surface area contributed by atoms with Crippen molar-refractivity contribution < 1.29 is 18.0 Å². The lowest BCUT2D eigenvalue weighted by Gasteiger charge is -2.29. The molecule has 1 fully saturated rings. The van der Waals surface area contributed by atoms with E-state index in [9.17, 15) is 18.0 Å². The first-order valence-corrected chi connectivity index (χ1v) is 10.0. The molecular formula is C22H18F3N5OS. The first-order chi connectivity index (χ1) is 15.0. The van der Waals surface area contributed by atoms with E-state index >= 15 is 0 Å². The van der Waals surface area contributed by atoms with Crippen molar-refractivity contribution in [2.24, 2.45) is 0 Å². The Morgan fingerprint density at radius 2 is 1.81 bits per heavy atom. The molecule has 0 spiro atoms. The number of hydrogen-bond acceptors (Lipinski definition) is 5. The summed E-state index contributed by atoms with van der Waals surface area (Å²) in [4.78, 5) is 19.4. The van der Waals surface area contributed by atoms with Crippen LogP contribution in [-0.4, -0.2) is 21.5 Å². The van der Waals surface area contributed by atoms with Crippen LogP contribution >= 0.6 is 12.2 Å². The summed E-state index contributed by atoms with van der Waals surface area (Å²) in [7, 11) is 0. The molecule has 164 valence electrons. The molecule has 0 radical (unpaired) electrons. The van der Waals surface area contributed by atoms with Crippen molar-refractivity contribution in [3.63, 3.8) is 0 Å². The molecule has 0 saturated carbocycles. The molecule has 3 rings (SSSR count). The van der Waals surface area contributed by atoms with Gasteiger partial charge in [0.1, 0.15) is 11.6 Å². The van der Waals surface area contributed by atoms with Crippen molar-refractivity contribution in [1.29, 1.82) is 10.5 Å². The van der Waals surface area contributed by atoms with Crippen LogP contribution < -0.4 is 9.80 Å². The maximum absolute atomic E-state index is 13.4. The number of aromatic nitrogens is 1. The minimum absolute atomic E-state index is 0.0110. The van der Waals surface area contributed by atoms with E-state index in [1.165, 1.54) is 6.07 Å². The standard InChI is InChI=1S/C22H18F3N5OS/c1-21(2)19(31)29(16-11-17(22(23,24)25)18(12-27)28-13-16)20(32)30(21)15-8-6-14(7-9-15)5-3-4-10-26/h6-9,11,13H,3-5H2,1-2H3. The van der Waals surface area contributed by atoms with E-state index in [1.54, 1.807) is 30.9 Å². The Morgan fingerprint density at radius 1 is 1.16 bits per heavy atom. The summed E-state index contributed by atoms with van der Waals surface area (Å²) in [6, 6.07) is 11.5. The van der Waals surface area contributed by atoms with Crippen LogP contribution in [0, 0.1) is 22.7 Å². The van der Waals surface area contributed by atoms with Gasteiger partial charge in [-0.1, -0.05) is 12.1 Å². The number of anilines is 2. The number of carbonyl (C=O) groups is 1. The number of halogens is 3. The van der Waals surface area contributed by atoms with Crippen molar-refractivity contribution >= 4 is 34.6 Å². The van der Waals surface area contributed by atoms with Gasteiger partial charge in [-0.15, -0.1) is 0 Å². The smallest absolute Gasteiger partial charge is 0.304 e. The van der Waals surface area contributed by atoms with Crippen molar-refractivity contribution in [2.45, 2.75) is 44.8 Å². The van der Waals surface area contributed by atoms with Crippen LogP contribution in [0.25, 0.3) is 0 Å². The SMILES string of the molecule is CC1(C)C(=O)N(c2cnc(C#N)c(C(F)(F)F)c2)C(=S)N1c1ccc(CCCC#N)cc1. The predicted molar refractivity (Wildman–Crippen MR) is 116 cm³/mol. The summed E-state index contributed by atoms with van der Waals surface area (Å²) in [6.45, 7) is 3.26. The van der Waals surface area contributed by atoms with Crippen molar-refractivity contribution in [2.75, 3.05) is 9.80 Å². The Labute approximate surface area is 188 Å². The number of hydrogen-bond donors (Lipinski definition) is 0. The second-order valence-corrected chi connectivity index (χ2v) is 8.06. The topological polar surface area (TPSA) is 84.0 Å². The molecule has 0 bridgehead atoms. The highest BCUT2D eigenvalue weighted by Crippen LogP contribution is 2.39. The molecule has 0 aliphatic carbocycles. The largest absolute Gasteiger partial charge is 0.419 e. The summed E-state index contributed by atoms with van der Waals surface area (Å²) in [6.07, 6.45) is -1.87. The first kappa shape index (κ1) is 23.2. The third-order valence-electron chi connectivity index (χ3n) is 5.16.